The molecule has 0 spiro atoms. The summed E-state index contributed by atoms with van der Waals surface area (Å²) >= 11 is 5.79. The molecule has 5 heteroatoms. The molecule has 0 aliphatic rings. The van der Waals surface area contributed by atoms with Gasteiger partial charge in [-0.3, -0.25) is 4.79 Å². The molecular formula is C11H16ClN3O. The van der Waals surface area contributed by atoms with Gasteiger partial charge in [-0.15, -0.1) is 0 Å². The predicted octanol–water partition coefficient (Wildman–Crippen LogP) is 2.93. The molecule has 1 heterocycles. The topological polar surface area (TPSA) is 54.9 Å². The summed E-state index contributed by atoms with van der Waals surface area (Å²) in [5, 5.41) is 3.36. The summed E-state index contributed by atoms with van der Waals surface area (Å²) in [5.41, 5.74) is 0.326. The highest BCUT2D eigenvalue weighted by Gasteiger charge is 2.10. The van der Waals surface area contributed by atoms with Gasteiger partial charge < -0.3 is 5.32 Å². The van der Waals surface area contributed by atoms with Crippen LogP contribution < -0.4 is 5.32 Å². The molecule has 88 valence electrons. The molecular weight excluding hydrogens is 226 g/mol. The van der Waals surface area contributed by atoms with E-state index in [2.05, 4.69) is 29.1 Å². The highest BCUT2D eigenvalue weighted by atomic mass is 35.5. The van der Waals surface area contributed by atoms with Gasteiger partial charge in [0.2, 0.25) is 0 Å². The first-order valence-electron chi connectivity index (χ1n) is 5.41. The Morgan fingerprint density at radius 3 is 2.94 bits per heavy atom. The van der Waals surface area contributed by atoms with Gasteiger partial charge in [-0.25, -0.2) is 9.97 Å². The molecule has 0 radical (unpaired) electrons. The third-order valence-corrected chi connectivity index (χ3v) is 2.63. The monoisotopic (exact) mass is 241 g/mol. The second-order valence-electron chi connectivity index (χ2n) is 3.73. The molecule has 0 fully saturated rings. The maximum atomic E-state index is 10.8. The summed E-state index contributed by atoms with van der Waals surface area (Å²) in [6.45, 7) is 4.20. The average Bonchev–Trinajstić information content (AvgIpc) is 2.27. The predicted molar refractivity (Wildman–Crippen MR) is 65.0 cm³/mol. The van der Waals surface area contributed by atoms with Crippen LogP contribution in [0.4, 0.5) is 5.82 Å². The van der Waals surface area contributed by atoms with Crippen LogP contribution in [-0.2, 0) is 0 Å². The average molecular weight is 242 g/mol. The van der Waals surface area contributed by atoms with E-state index in [1.807, 2.05) is 0 Å². The van der Waals surface area contributed by atoms with Gasteiger partial charge in [-0.05, 0) is 13.3 Å². The van der Waals surface area contributed by atoms with E-state index in [4.69, 9.17) is 11.6 Å². The van der Waals surface area contributed by atoms with Crippen molar-refractivity contribution in [2.24, 2.45) is 0 Å². The largest absolute Gasteiger partial charge is 0.367 e. The molecule has 0 amide bonds. The van der Waals surface area contributed by atoms with E-state index in [-0.39, 0.29) is 11.2 Å². The van der Waals surface area contributed by atoms with Crippen LogP contribution in [0.2, 0.25) is 5.15 Å². The summed E-state index contributed by atoms with van der Waals surface area (Å²) in [4.78, 5) is 18.6. The Bertz CT molecular complexity index is 357. The third kappa shape index (κ3) is 3.45. The van der Waals surface area contributed by atoms with Crippen LogP contribution in [0.1, 0.15) is 43.5 Å². The Morgan fingerprint density at radius 1 is 1.56 bits per heavy atom. The molecule has 16 heavy (non-hydrogen) atoms. The summed E-state index contributed by atoms with van der Waals surface area (Å²) in [6.07, 6.45) is 5.36. The lowest BCUT2D eigenvalue weighted by Crippen LogP contribution is -2.17. The smallest absolute Gasteiger partial charge is 0.156 e. The maximum absolute atomic E-state index is 10.8. The fourth-order valence-electron chi connectivity index (χ4n) is 1.41. The number of carbonyl (C=O) groups excluding carboxylic acids is 1. The first-order chi connectivity index (χ1) is 7.69. The Morgan fingerprint density at radius 2 is 2.31 bits per heavy atom. The van der Waals surface area contributed by atoms with Gasteiger partial charge in [0.1, 0.15) is 17.3 Å². The number of nitrogens with zero attached hydrogens (tertiary/aromatic N) is 2. The lowest BCUT2D eigenvalue weighted by Gasteiger charge is -2.15. The van der Waals surface area contributed by atoms with Gasteiger partial charge in [0.05, 0.1) is 5.56 Å². The zero-order valence-corrected chi connectivity index (χ0v) is 10.3. The minimum Gasteiger partial charge on any atom is -0.367 e. The number of hydrogen-bond acceptors (Lipinski definition) is 4. The molecule has 1 aromatic rings. The number of unbranched alkanes of at least 4 members (excludes halogenated alkanes) is 1. The second kappa shape index (κ2) is 6.43. The maximum Gasteiger partial charge on any atom is 0.156 e. The van der Waals surface area contributed by atoms with Crippen LogP contribution >= 0.6 is 11.6 Å². The minimum absolute atomic E-state index is 0.190. The van der Waals surface area contributed by atoms with Crippen LogP contribution in [0, 0.1) is 0 Å². The van der Waals surface area contributed by atoms with Crippen LogP contribution in [-0.4, -0.2) is 22.3 Å². The molecule has 1 aromatic heterocycles. The Labute approximate surface area is 100 Å². The van der Waals surface area contributed by atoms with Crippen molar-refractivity contribution in [1.29, 1.82) is 0 Å². The van der Waals surface area contributed by atoms with E-state index >= 15 is 0 Å². The molecule has 0 aromatic carbocycles. The number of hydrogen-bond donors (Lipinski definition) is 1. The highest BCUT2D eigenvalue weighted by Crippen LogP contribution is 2.18. The van der Waals surface area contributed by atoms with Gasteiger partial charge in [-0.1, -0.05) is 31.4 Å². The van der Waals surface area contributed by atoms with Crippen molar-refractivity contribution in [3.05, 3.63) is 17.0 Å². The van der Waals surface area contributed by atoms with Gasteiger partial charge >= 0.3 is 0 Å². The lowest BCUT2D eigenvalue weighted by molar-refractivity contribution is 0.112. The Balaban J connectivity index is 2.72. The van der Waals surface area contributed by atoms with Crippen LogP contribution in [0.15, 0.2) is 6.33 Å². The third-order valence-electron chi connectivity index (χ3n) is 2.33. The zero-order chi connectivity index (χ0) is 12.0. The number of anilines is 1. The van der Waals surface area contributed by atoms with Crippen molar-refractivity contribution in [3.8, 4) is 0 Å². The molecule has 1 atom stereocenters. The van der Waals surface area contributed by atoms with Crippen molar-refractivity contribution in [1.82, 2.24) is 9.97 Å². The molecule has 1 N–H and O–H groups in total. The number of halogens is 1. The van der Waals surface area contributed by atoms with Gasteiger partial charge in [0.25, 0.3) is 0 Å². The van der Waals surface area contributed by atoms with Crippen molar-refractivity contribution >= 4 is 23.7 Å². The molecule has 0 bridgehead atoms. The Kier molecular flexibility index (Phi) is 5.19. The molecule has 0 aliphatic carbocycles. The number of carbonyl (C=O) groups is 1. The highest BCUT2D eigenvalue weighted by molar-refractivity contribution is 6.32. The van der Waals surface area contributed by atoms with E-state index in [9.17, 15) is 4.79 Å². The number of aldehydes is 1. The standard InChI is InChI=1S/C11H16ClN3O/c1-3-4-5-8(2)15-11-9(6-16)10(12)13-7-14-11/h6-8H,3-5H2,1-2H3,(H,13,14,15). The molecule has 1 unspecified atom stereocenters. The summed E-state index contributed by atoms with van der Waals surface area (Å²) in [7, 11) is 0. The van der Waals surface area contributed by atoms with E-state index in [1.165, 1.54) is 6.33 Å². The molecule has 0 saturated heterocycles. The fourth-order valence-corrected chi connectivity index (χ4v) is 1.59. The van der Waals surface area contributed by atoms with E-state index < -0.39 is 0 Å². The second-order valence-corrected chi connectivity index (χ2v) is 4.09. The van der Waals surface area contributed by atoms with Gasteiger partial charge in [0, 0.05) is 6.04 Å². The van der Waals surface area contributed by atoms with Crippen LogP contribution in [0.5, 0.6) is 0 Å². The van der Waals surface area contributed by atoms with Crippen LogP contribution in [0.25, 0.3) is 0 Å². The van der Waals surface area contributed by atoms with Crippen molar-refractivity contribution < 1.29 is 4.79 Å². The van der Waals surface area contributed by atoms with E-state index in [1.54, 1.807) is 0 Å². The SMILES string of the molecule is CCCCC(C)Nc1ncnc(Cl)c1C=O. The summed E-state index contributed by atoms with van der Waals surface area (Å²) in [5.74, 6) is 0.513. The van der Waals surface area contributed by atoms with Gasteiger partial charge in [0.15, 0.2) is 6.29 Å². The van der Waals surface area contributed by atoms with E-state index in [0.29, 0.717) is 17.7 Å². The number of aromatic nitrogens is 2. The summed E-state index contributed by atoms with van der Waals surface area (Å²) < 4.78 is 0. The number of rotatable bonds is 6. The minimum atomic E-state index is 0.190. The lowest BCUT2D eigenvalue weighted by atomic mass is 10.1. The van der Waals surface area contributed by atoms with Gasteiger partial charge in [-0.2, -0.15) is 0 Å². The molecule has 1 rings (SSSR count). The zero-order valence-electron chi connectivity index (χ0n) is 9.53. The normalized spacial score (nSPS) is 12.2. The Hall–Kier alpha value is -1.16. The van der Waals surface area contributed by atoms with Crippen molar-refractivity contribution in [3.63, 3.8) is 0 Å². The molecule has 4 nitrogen and oxygen atoms in total. The molecule has 0 saturated carbocycles. The summed E-state index contributed by atoms with van der Waals surface area (Å²) in [6, 6.07) is 0.268. The number of nitrogens with one attached hydrogen (secondary N) is 1. The van der Waals surface area contributed by atoms with Crippen molar-refractivity contribution in [2.45, 2.75) is 39.2 Å². The quantitative estimate of drug-likeness (QED) is 0.615. The molecule has 0 aliphatic heterocycles. The first kappa shape index (κ1) is 12.9. The van der Waals surface area contributed by atoms with Crippen LogP contribution in [0.3, 0.4) is 0 Å². The van der Waals surface area contributed by atoms with E-state index in [0.717, 1.165) is 19.3 Å². The fraction of sp³-hybridized carbons (Fsp3) is 0.545. The first-order valence-corrected chi connectivity index (χ1v) is 5.79. The van der Waals surface area contributed by atoms with Crippen molar-refractivity contribution in [2.75, 3.05) is 5.32 Å².